The minimum absolute atomic E-state index is 0.219. The molecule has 1 aromatic rings. The van der Waals surface area contributed by atoms with Crippen LogP contribution in [0.3, 0.4) is 0 Å². The highest BCUT2D eigenvalue weighted by atomic mass is 16.3. The van der Waals surface area contributed by atoms with E-state index in [-0.39, 0.29) is 5.41 Å². The van der Waals surface area contributed by atoms with Crippen molar-refractivity contribution in [3.05, 3.63) is 35.4 Å². The van der Waals surface area contributed by atoms with Gasteiger partial charge >= 0.3 is 0 Å². The second-order valence-corrected chi connectivity index (χ2v) is 7.07. The molecule has 1 N–H and O–H groups in total. The third-order valence-corrected chi connectivity index (χ3v) is 3.98. The molecule has 0 bridgehead atoms. The zero-order chi connectivity index (χ0) is 14.1. The fraction of sp³-hybridized carbons (Fsp3) is 0.647. The van der Waals surface area contributed by atoms with Gasteiger partial charge in [0.05, 0.1) is 5.60 Å². The van der Waals surface area contributed by atoms with Gasteiger partial charge in [0.2, 0.25) is 0 Å². The Morgan fingerprint density at radius 2 is 1.74 bits per heavy atom. The molecule has 1 heterocycles. The van der Waals surface area contributed by atoms with Crippen molar-refractivity contribution in [2.75, 3.05) is 13.1 Å². The number of β-amino-alcohol motifs (C(OH)–C–C–N with tert-alkyl or cyclic N) is 1. The van der Waals surface area contributed by atoms with Gasteiger partial charge in [0, 0.05) is 19.6 Å². The second-order valence-electron chi connectivity index (χ2n) is 7.07. The molecule has 2 rings (SSSR count). The lowest BCUT2D eigenvalue weighted by Gasteiger charge is -2.46. The molecule has 0 saturated carbocycles. The maximum Gasteiger partial charge on any atom is 0.0900 e. The topological polar surface area (TPSA) is 23.5 Å². The van der Waals surface area contributed by atoms with Crippen molar-refractivity contribution >= 4 is 0 Å². The first-order valence-corrected chi connectivity index (χ1v) is 7.36. The van der Waals surface area contributed by atoms with Gasteiger partial charge in [0.25, 0.3) is 0 Å². The molecule has 1 aliphatic heterocycles. The molecule has 2 heteroatoms. The summed E-state index contributed by atoms with van der Waals surface area (Å²) in [6.45, 7) is 11.4. The molecule has 1 fully saturated rings. The molecule has 0 atom stereocenters. The van der Waals surface area contributed by atoms with Crippen molar-refractivity contribution in [3.8, 4) is 0 Å². The Labute approximate surface area is 117 Å². The number of hydrogen-bond donors (Lipinski definition) is 1. The maximum absolute atomic E-state index is 10.2. The van der Waals surface area contributed by atoms with Crippen LogP contribution in [0.5, 0.6) is 0 Å². The highest BCUT2D eigenvalue weighted by Gasteiger charge is 2.39. The third kappa shape index (κ3) is 3.58. The van der Waals surface area contributed by atoms with Gasteiger partial charge in [-0.2, -0.15) is 0 Å². The SMILES string of the molecule is CCCC1(O)CN(Cc2ccc(C(C)(C)C)cc2)C1. The van der Waals surface area contributed by atoms with Gasteiger partial charge in [0.1, 0.15) is 0 Å². The Hall–Kier alpha value is -0.860. The molecule has 0 radical (unpaired) electrons. The fourth-order valence-corrected chi connectivity index (χ4v) is 2.89. The summed E-state index contributed by atoms with van der Waals surface area (Å²) in [5.74, 6) is 0. The number of hydrogen-bond acceptors (Lipinski definition) is 2. The van der Waals surface area contributed by atoms with Gasteiger partial charge in [-0.25, -0.2) is 0 Å². The monoisotopic (exact) mass is 261 g/mol. The summed E-state index contributed by atoms with van der Waals surface area (Å²) in [6, 6.07) is 8.90. The Bertz CT molecular complexity index is 410. The Kier molecular flexibility index (Phi) is 4.03. The molecular formula is C17H27NO. The normalized spacial score (nSPS) is 19.2. The summed E-state index contributed by atoms with van der Waals surface area (Å²) >= 11 is 0. The van der Waals surface area contributed by atoms with Crippen LogP contribution in [0.1, 0.15) is 51.7 Å². The van der Waals surface area contributed by atoms with E-state index in [1.807, 2.05) is 0 Å². The molecule has 0 amide bonds. The van der Waals surface area contributed by atoms with Crippen LogP contribution in [0.15, 0.2) is 24.3 Å². The summed E-state index contributed by atoms with van der Waals surface area (Å²) < 4.78 is 0. The molecule has 0 unspecified atom stereocenters. The lowest BCUT2D eigenvalue weighted by atomic mass is 9.86. The molecule has 0 aromatic heterocycles. The first kappa shape index (κ1) is 14.5. The number of nitrogens with zero attached hydrogens (tertiary/aromatic N) is 1. The predicted octanol–water partition coefficient (Wildman–Crippen LogP) is 3.33. The molecule has 1 aliphatic rings. The van der Waals surface area contributed by atoms with E-state index < -0.39 is 5.60 Å². The summed E-state index contributed by atoms with van der Waals surface area (Å²) in [4.78, 5) is 2.32. The van der Waals surface area contributed by atoms with E-state index in [1.54, 1.807) is 0 Å². The van der Waals surface area contributed by atoms with Gasteiger partial charge in [-0.05, 0) is 23.0 Å². The Morgan fingerprint density at radius 1 is 1.16 bits per heavy atom. The quantitative estimate of drug-likeness (QED) is 0.898. The maximum atomic E-state index is 10.2. The second kappa shape index (κ2) is 5.26. The Morgan fingerprint density at radius 3 is 2.21 bits per heavy atom. The van der Waals surface area contributed by atoms with Crippen molar-refractivity contribution in [1.82, 2.24) is 4.90 Å². The van der Waals surface area contributed by atoms with Crippen molar-refractivity contribution in [2.45, 2.75) is 58.1 Å². The number of rotatable bonds is 4. The minimum atomic E-state index is -0.417. The predicted molar refractivity (Wildman–Crippen MR) is 80.3 cm³/mol. The summed E-state index contributed by atoms with van der Waals surface area (Å²) in [5, 5.41) is 10.2. The average molecular weight is 261 g/mol. The van der Waals surface area contributed by atoms with Crippen molar-refractivity contribution in [3.63, 3.8) is 0 Å². The van der Waals surface area contributed by atoms with E-state index in [1.165, 1.54) is 11.1 Å². The van der Waals surface area contributed by atoms with Crippen molar-refractivity contribution in [1.29, 1.82) is 0 Å². The van der Waals surface area contributed by atoms with Gasteiger partial charge in [-0.15, -0.1) is 0 Å². The van der Waals surface area contributed by atoms with Crippen LogP contribution in [0, 0.1) is 0 Å². The smallest absolute Gasteiger partial charge is 0.0900 e. The summed E-state index contributed by atoms with van der Waals surface area (Å²) in [7, 11) is 0. The van der Waals surface area contributed by atoms with E-state index in [0.29, 0.717) is 0 Å². The lowest BCUT2D eigenvalue weighted by molar-refractivity contribution is -0.106. The van der Waals surface area contributed by atoms with Crippen LogP contribution in [-0.2, 0) is 12.0 Å². The first-order valence-electron chi connectivity index (χ1n) is 7.36. The lowest BCUT2D eigenvalue weighted by Crippen LogP contribution is -2.60. The molecule has 1 aromatic carbocycles. The fourth-order valence-electron chi connectivity index (χ4n) is 2.89. The van der Waals surface area contributed by atoms with Crippen LogP contribution in [0.2, 0.25) is 0 Å². The van der Waals surface area contributed by atoms with Crippen LogP contribution in [0.25, 0.3) is 0 Å². The summed E-state index contributed by atoms with van der Waals surface area (Å²) in [5.41, 5.74) is 2.52. The van der Waals surface area contributed by atoms with Crippen LogP contribution in [0.4, 0.5) is 0 Å². The third-order valence-electron chi connectivity index (χ3n) is 3.98. The standard InChI is InChI=1S/C17H27NO/c1-5-10-17(19)12-18(13-17)11-14-6-8-15(9-7-14)16(2,3)4/h6-9,19H,5,10-13H2,1-4H3. The molecule has 2 nitrogen and oxygen atoms in total. The van der Waals surface area contributed by atoms with Crippen LogP contribution >= 0.6 is 0 Å². The van der Waals surface area contributed by atoms with Gasteiger partial charge in [0.15, 0.2) is 0 Å². The molecule has 0 spiro atoms. The van der Waals surface area contributed by atoms with E-state index in [2.05, 4.69) is 56.9 Å². The zero-order valence-corrected chi connectivity index (χ0v) is 12.7. The van der Waals surface area contributed by atoms with Crippen molar-refractivity contribution < 1.29 is 5.11 Å². The number of aliphatic hydroxyl groups is 1. The molecule has 19 heavy (non-hydrogen) atoms. The van der Waals surface area contributed by atoms with E-state index in [0.717, 1.165) is 32.5 Å². The van der Waals surface area contributed by atoms with Crippen LogP contribution in [-0.4, -0.2) is 28.7 Å². The molecule has 106 valence electrons. The van der Waals surface area contributed by atoms with Gasteiger partial charge in [-0.3, -0.25) is 4.90 Å². The van der Waals surface area contributed by atoms with Gasteiger partial charge < -0.3 is 5.11 Å². The highest BCUT2D eigenvalue weighted by molar-refractivity contribution is 5.27. The molecule has 0 aliphatic carbocycles. The van der Waals surface area contributed by atoms with E-state index in [9.17, 15) is 5.11 Å². The number of benzene rings is 1. The van der Waals surface area contributed by atoms with Crippen molar-refractivity contribution in [2.24, 2.45) is 0 Å². The van der Waals surface area contributed by atoms with Gasteiger partial charge in [-0.1, -0.05) is 58.4 Å². The average Bonchev–Trinajstić information content (AvgIpc) is 2.27. The Balaban J connectivity index is 1.89. The van der Waals surface area contributed by atoms with E-state index >= 15 is 0 Å². The van der Waals surface area contributed by atoms with E-state index in [4.69, 9.17) is 0 Å². The van der Waals surface area contributed by atoms with Crippen LogP contribution < -0.4 is 0 Å². The highest BCUT2D eigenvalue weighted by Crippen LogP contribution is 2.28. The minimum Gasteiger partial charge on any atom is -0.387 e. The zero-order valence-electron chi connectivity index (χ0n) is 12.7. The first-order chi connectivity index (χ1) is 8.82. The largest absolute Gasteiger partial charge is 0.387 e. The number of likely N-dealkylation sites (tertiary alicyclic amines) is 1. The summed E-state index contributed by atoms with van der Waals surface area (Å²) in [6.07, 6.45) is 1.98. The molecule has 1 saturated heterocycles. The molecular weight excluding hydrogens is 234 g/mol.